The number of pyridine rings is 1. The van der Waals surface area contributed by atoms with Gasteiger partial charge < -0.3 is 9.15 Å². The Morgan fingerprint density at radius 2 is 2.21 bits per heavy atom. The molecule has 8 heteroatoms. The van der Waals surface area contributed by atoms with Crippen LogP contribution in [0.15, 0.2) is 57.2 Å². The SMILES string of the molecule is C=Nc1ccc(OC(c2ccc(F)cn2)c2nnco2)cc1SC. The summed E-state index contributed by atoms with van der Waals surface area (Å²) in [5.41, 5.74) is 1.22. The summed E-state index contributed by atoms with van der Waals surface area (Å²) < 4.78 is 24.3. The van der Waals surface area contributed by atoms with Gasteiger partial charge in [-0.25, -0.2) is 4.39 Å². The first kappa shape index (κ1) is 16.1. The second kappa shape index (κ2) is 7.22. The Labute approximate surface area is 141 Å². The van der Waals surface area contributed by atoms with Gasteiger partial charge in [-0.05, 0) is 43.3 Å². The van der Waals surface area contributed by atoms with Crippen LogP contribution in [0.25, 0.3) is 0 Å². The van der Waals surface area contributed by atoms with Crippen molar-refractivity contribution in [1.29, 1.82) is 0 Å². The molecule has 3 aromatic rings. The van der Waals surface area contributed by atoms with Crippen molar-refractivity contribution in [1.82, 2.24) is 15.2 Å². The summed E-state index contributed by atoms with van der Waals surface area (Å²) in [6.07, 6.45) is 3.50. The molecule has 0 bridgehead atoms. The molecule has 1 unspecified atom stereocenters. The Bertz CT molecular complexity index is 825. The van der Waals surface area contributed by atoms with E-state index in [2.05, 4.69) is 26.9 Å². The number of rotatable bonds is 6. The monoisotopic (exact) mass is 344 g/mol. The molecule has 0 spiro atoms. The van der Waals surface area contributed by atoms with E-state index in [9.17, 15) is 4.39 Å². The maximum atomic E-state index is 13.1. The number of aliphatic imine (C=N–C) groups is 1. The van der Waals surface area contributed by atoms with Gasteiger partial charge in [-0.3, -0.25) is 9.98 Å². The Morgan fingerprint density at radius 3 is 2.83 bits per heavy atom. The Hall–Kier alpha value is -2.74. The molecule has 0 saturated heterocycles. The average Bonchev–Trinajstić information content (AvgIpc) is 3.14. The third kappa shape index (κ3) is 3.43. The van der Waals surface area contributed by atoms with Crippen molar-refractivity contribution in [3.63, 3.8) is 0 Å². The second-order valence-electron chi connectivity index (χ2n) is 4.67. The van der Waals surface area contributed by atoms with Gasteiger partial charge in [-0.1, -0.05) is 0 Å². The fraction of sp³-hybridized carbons (Fsp3) is 0.125. The molecule has 0 N–H and O–H groups in total. The van der Waals surface area contributed by atoms with Crippen molar-refractivity contribution in [3.8, 4) is 5.75 Å². The minimum Gasteiger partial charge on any atom is -0.474 e. The first-order valence-electron chi connectivity index (χ1n) is 6.90. The fourth-order valence-corrected chi connectivity index (χ4v) is 2.65. The summed E-state index contributed by atoms with van der Waals surface area (Å²) in [7, 11) is 0. The van der Waals surface area contributed by atoms with E-state index in [1.807, 2.05) is 12.3 Å². The first-order valence-corrected chi connectivity index (χ1v) is 8.12. The van der Waals surface area contributed by atoms with Crippen molar-refractivity contribution in [2.45, 2.75) is 11.0 Å². The number of nitrogens with zero attached hydrogens (tertiary/aromatic N) is 4. The van der Waals surface area contributed by atoms with Crippen molar-refractivity contribution in [2.24, 2.45) is 4.99 Å². The highest BCUT2D eigenvalue weighted by atomic mass is 32.2. The van der Waals surface area contributed by atoms with Crippen LogP contribution in [0.1, 0.15) is 17.7 Å². The van der Waals surface area contributed by atoms with Crippen LogP contribution in [-0.2, 0) is 0 Å². The lowest BCUT2D eigenvalue weighted by atomic mass is 10.2. The van der Waals surface area contributed by atoms with Gasteiger partial charge in [0, 0.05) is 4.90 Å². The molecule has 0 aliphatic rings. The molecular weight excluding hydrogens is 331 g/mol. The first-order chi connectivity index (χ1) is 11.7. The van der Waals surface area contributed by atoms with E-state index in [1.165, 1.54) is 30.3 Å². The molecular formula is C16H13FN4O2S. The highest BCUT2D eigenvalue weighted by Crippen LogP contribution is 2.34. The quantitative estimate of drug-likeness (QED) is 0.500. The van der Waals surface area contributed by atoms with Gasteiger partial charge in [-0.15, -0.1) is 22.0 Å². The zero-order chi connectivity index (χ0) is 16.9. The van der Waals surface area contributed by atoms with Gasteiger partial charge >= 0.3 is 0 Å². The second-order valence-corrected chi connectivity index (χ2v) is 5.52. The fourth-order valence-electron chi connectivity index (χ4n) is 2.07. The van der Waals surface area contributed by atoms with E-state index >= 15 is 0 Å². The number of hydrogen-bond acceptors (Lipinski definition) is 7. The Kier molecular flexibility index (Phi) is 4.85. The summed E-state index contributed by atoms with van der Waals surface area (Å²) >= 11 is 1.53. The molecule has 1 aromatic carbocycles. The third-order valence-electron chi connectivity index (χ3n) is 3.20. The van der Waals surface area contributed by atoms with Crippen LogP contribution in [0, 0.1) is 5.82 Å². The normalized spacial score (nSPS) is 11.9. The predicted octanol–water partition coefficient (Wildman–Crippen LogP) is 3.83. The van der Waals surface area contributed by atoms with Gasteiger partial charge in [0.2, 0.25) is 12.5 Å². The molecule has 0 saturated carbocycles. The zero-order valence-corrected chi connectivity index (χ0v) is 13.5. The number of hydrogen-bond donors (Lipinski definition) is 0. The summed E-state index contributed by atoms with van der Waals surface area (Å²) in [6, 6.07) is 8.21. The van der Waals surface area contributed by atoms with E-state index in [-0.39, 0.29) is 5.89 Å². The Balaban J connectivity index is 1.95. The molecule has 3 rings (SSSR count). The lowest BCUT2D eigenvalue weighted by molar-refractivity contribution is 0.203. The molecule has 6 nitrogen and oxygen atoms in total. The van der Waals surface area contributed by atoms with Crippen LogP contribution in [0.3, 0.4) is 0 Å². The lowest BCUT2D eigenvalue weighted by Crippen LogP contribution is -2.12. The number of halogens is 1. The highest BCUT2D eigenvalue weighted by Gasteiger charge is 2.23. The summed E-state index contributed by atoms with van der Waals surface area (Å²) in [6.45, 7) is 3.54. The standard InChI is InChI=1S/C16H13FN4O2S/c1-18-12-6-4-11(7-14(12)24-2)23-15(16-21-20-9-22-16)13-5-3-10(17)8-19-13/h3-9,15H,1H2,2H3. The lowest BCUT2D eigenvalue weighted by Gasteiger charge is -2.16. The van der Waals surface area contributed by atoms with E-state index < -0.39 is 11.9 Å². The largest absolute Gasteiger partial charge is 0.474 e. The van der Waals surface area contributed by atoms with Crippen LogP contribution >= 0.6 is 11.8 Å². The van der Waals surface area contributed by atoms with Crippen molar-refractivity contribution in [3.05, 3.63) is 60.3 Å². The van der Waals surface area contributed by atoms with E-state index in [4.69, 9.17) is 9.15 Å². The number of benzene rings is 1. The Morgan fingerprint density at radius 1 is 1.33 bits per heavy atom. The number of aromatic nitrogens is 3. The van der Waals surface area contributed by atoms with Crippen LogP contribution in [0.2, 0.25) is 0 Å². The molecule has 0 amide bonds. The van der Waals surface area contributed by atoms with Gasteiger partial charge in [0.1, 0.15) is 11.6 Å². The van der Waals surface area contributed by atoms with Crippen LogP contribution < -0.4 is 4.74 Å². The van der Waals surface area contributed by atoms with Crippen LogP contribution in [-0.4, -0.2) is 28.2 Å². The smallest absolute Gasteiger partial charge is 0.263 e. The minimum atomic E-state index is -0.745. The molecule has 24 heavy (non-hydrogen) atoms. The molecule has 0 aliphatic heterocycles. The molecule has 0 radical (unpaired) electrons. The molecule has 2 heterocycles. The van der Waals surface area contributed by atoms with Crippen LogP contribution in [0.4, 0.5) is 10.1 Å². The number of ether oxygens (including phenoxy) is 1. The summed E-state index contributed by atoms with van der Waals surface area (Å²) in [4.78, 5) is 8.92. The maximum absolute atomic E-state index is 13.1. The highest BCUT2D eigenvalue weighted by molar-refractivity contribution is 7.98. The average molecular weight is 344 g/mol. The maximum Gasteiger partial charge on any atom is 0.263 e. The topological polar surface area (TPSA) is 73.4 Å². The molecule has 0 aliphatic carbocycles. The summed E-state index contributed by atoms with van der Waals surface area (Å²) in [5.74, 6) is 0.362. The number of thioether (sulfide) groups is 1. The van der Waals surface area contributed by atoms with Crippen LogP contribution in [0.5, 0.6) is 5.75 Å². The van der Waals surface area contributed by atoms with Gasteiger partial charge in [0.15, 0.2) is 0 Å². The third-order valence-corrected chi connectivity index (χ3v) is 3.96. The van der Waals surface area contributed by atoms with Crippen molar-refractivity contribution >= 4 is 24.2 Å². The molecule has 122 valence electrons. The van der Waals surface area contributed by atoms with E-state index in [1.54, 1.807) is 12.1 Å². The van der Waals surface area contributed by atoms with E-state index in [0.29, 0.717) is 11.4 Å². The molecule has 2 aromatic heterocycles. The summed E-state index contributed by atoms with van der Waals surface area (Å²) in [5, 5.41) is 7.54. The van der Waals surface area contributed by atoms with Gasteiger partial charge in [0.05, 0.1) is 17.6 Å². The van der Waals surface area contributed by atoms with Crippen molar-refractivity contribution in [2.75, 3.05) is 6.26 Å². The van der Waals surface area contributed by atoms with E-state index in [0.717, 1.165) is 16.8 Å². The minimum absolute atomic E-state index is 0.228. The molecule has 0 fully saturated rings. The van der Waals surface area contributed by atoms with Crippen molar-refractivity contribution < 1.29 is 13.5 Å². The van der Waals surface area contributed by atoms with Gasteiger partial charge in [0.25, 0.3) is 5.89 Å². The predicted molar refractivity (Wildman–Crippen MR) is 88.4 cm³/mol. The zero-order valence-electron chi connectivity index (χ0n) is 12.7. The van der Waals surface area contributed by atoms with Gasteiger partial charge in [-0.2, -0.15) is 0 Å². The molecule has 1 atom stereocenters.